The number of nitrogens with one attached hydrogen (secondary N) is 1. The zero-order valence-electron chi connectivity index (χ0n) is 22.4. The molecule has 198 valence electrons. The Bertz CT molecular complexity index is 843. The van der Waals surface area contributed by atoms with E-state index in [9.17, 15) is 19.8 Å². The van der Waals surface area contributed by atoms with Crippen molar-refractivity contribution in [1.29, 1.82) is 0 Å². The molecule has 0 bridgehead atoms. The van der Waals surface area contributed by atoms with Gasteiger partial charge < -0.3 is 20.3 Å². The highest BCUT2D eigenvalue weighted by atomic mass is 16.5. The number of aliphatic hydroxyl groups is 2. The molecule has 4 saturated carbocycles. The fourth-order valence-corrected chi connectivity index (χ4v) is 9.24. The van der Waals surface area contributed by atoms with Crippen molar-refractivity contribution in [2.45, 2.75) is 104 Å². The lowest BCUT2D eigenvalue weighted by molar-refractivity contribution is -0.202. The Morgan fingerprint density at radius 2 is 1.83 bits per heavy atom. The summed E-state index contributed by atoms with van der Waals surface area (Å²) in [5.74, 6) is 1.58. The molecule has 6 heteroatoms. The number of ether oxygens (including phenoxy) is 1. The molecule has 35 heavy (non-hydrogen) atoms. The molecule has 3 N–H and O–H groups in total. The van der Waals surface area contributed by atoms with E-state index in [-0.39, 0.29) is 40.8 Å². The second kappa shape index (κ2) is 9.81. The average molecular weight is 490 g/mol. The molecule has 0 aliphatic heterocycles. The number of carbonyl (C=O) groups excluding carboxylic acids is 2. The van der Waals surface area contributed by atoms with Crippen molar-refractivity contribution in [3.05, 3.63) is 12.2 Å². The van der Waals surface area contributed by atoms with Gasteiger partial charge in [0.05, 0.1) is 19.3 Å². The number of esters is 1. The number of hydrogen-bond acceptors (Lipinski definition) is 5. The number of fused-ring (bicyclic) bond motifs is 5. The molecule has 0 aromatic heterocycles. The Balaban J connectivity index is 1.52. The smallest absolute Gasteiger partial charge is 0.305 e. The van der Waals surface area contributed by atoms with Crippen LogP contribution in [0.3, 0.4) is 0 Å². The first-order chi connectivity index (χ1) is 16.4. The molecule has 0 heterocycles. The van der Waals surface area contributed by atoms with Crippen molar-refractivity contribution in [2.24, 2.45) is 46.3 Å². The van der Waals surface area contributed by atoms with Gasteiger partial charge in [-0.25, -0.2) is 0 Å². The number of rotatable bonds is 6. The van der Waals surface area contributed by atoms with Gasteiger partial charge in [0, 0.05) is 18.0 Å². The quantitative estimate of drug-likeness (QED) is 0.383. The van der Waals surface area contributed by atoms with Gasteiger partial charge in [0.1, 0.15) is 0 Å². The summed E-state index contributed by atoms with van der Waals surface area (Å²) < 4.78 is 4.85. The first-order valence-electron chi connectivity index (χ1n) is 13.8. The van der Waals surface area contributed by atoms with E-state index in [0.717, 1.165) is 51.4 Å². The minimum absolute atomic E-state index is 0.0741. The van der Waals surface area contributed by atoms with Crippen molar-refractivity contribution in [3.63, 3.8) is 0 Å². The molecule has 0 aromatic rings. The molecule has 0 aromatic carbocycles. The molecule has 4 aliphatic rings. The van der Waals surface area contributed by atoms with E-state index in [1.54, 1.807) is 6.92 Å². The Hall–Kier alpha value is -1.40. The standard InChI is InChI=1S/C29H47NO5/c1-16(2)27(34)30-19-11-12-28(4)18(13-19)14-23(31)26-21-9-8-20(17(3)7-10-25(33)35-6)29(21,5)24(32)15-22(26)28/h17-24,26,31-32H,1,7-15H2,2-6H3,(H,30,34)/t17-,18+,19-,20-,21+,22+,23-,24+,26+,28+,29-/m1/s1. The van der Waals surface area contributed by atoms with Gasteiger partial charge in [-0.1, -0.05) is 27.4 Å². The van der Waals surface area contributed by atoms with Crippen LogP contribution in [-0.2, 0) is 14.3 Å². The Labute approximate surface area is 211 Å². The summed E-state index contributed by atoms with van der Waals surface area (Å²) in [5.41, 5.74) is 0.382. The lowest BCUT2D eigenvalue weighted by Crippen LogP contribution is -2.63. The van der Waals surface area contributed by atoms with Crippen molar-refractivity contribution in [1.82, 2.24) is 5.32 Å². The summed E-state index contributed by atoms with van der Waals surface area (Å²) in [6, 6.07) is 0.131. The molecule has 0 unspecified atom stereocenters. The number of methoxy groups -OCH3 is 1. The predicted octanol–water partition coefficient (Wildman–Crippen LogP) is 4.24. The first-order valence-corrected chi connectivity index (χ1v) is 13.8. The molecule has 4 aliphatic carbocycles. The lowest BCUT2D eigenvalue weighted by atomic mass is 9.43. The van der Waals surface area contributed by atoms with Crippen molar-refractivity contribution in [3.8, 4) is 0 Å². The van der Waals surface area contributed by atoms with Crippen LogP contribution in [0.15, 0.2) is 12.2 Å². The molecule has 0 spiro atoms. The summed E-state index contributed by atoms with van der Waals surface area (Å²) in [5, 5.41) is 26.4. The number of aliphatic hydroxyl groups excluding tert-OH is 2. The average Bonchev–Trinajstić information content (AvgIpc) is 3.17. The zero-order valence-corrected chi connectivity index (χ0v) is 22.4. The first kappa shape index (κ1) is 26.7. The van der Waals surface area contributed by atoms with E-state index in [4.69, 9.17) is 4.74 Å². The van der Waals surface area contributed by atoms with E-state index in [0.29, 0.717) is 41.6 Å². The number of hydrogen-bond donors (Lipinski definition) is 3. The largest absolute Gasteiger partial charge is 0.469 e. The fourth-order valence-electron chi connectivity index (χ4n) is 9.24. The van der Waals surface area contributed by atoms with Crippen LogP contribution < -0.4 is 5.32 Å². The van der Waals surface area contributed by atoms with Crippen LogP contribution in [-0.4, -0.2) is 47.4 Å². The highest BCUT2D eigenvalue weighted by Gasteiger charge is 2.65. The maximum atomic E-state index is 12.2. The Morgan fingerprint density at radius 3 is 2.49 bits per heavy atom. The molecule has 4 rings (SSSR count). The molecular weight excluding hydrogens is 442 g/mol. The monoisotopic (exact) mass is 489 g/mol. The summed E-state index contributed by atoms with van der Waals surface area (Å²) in [6.07, 6.45) is 6.89. The minimum Gasteiger partial charge on any atom is -0.469 e. The van der Waals surface area contributed by atoms with Gasteiger partial charge in [-0.15, -0.1) is 0 Å². The Morgan fingerprint density at radius 1 is 1.11 bits per heavy atom. The van der Waals surface area contributed by atoms with Gasteiger partial charge >= 0.3 is 5.97 Å². The van der Waals surface area contributed by atoms with Crippen LogP contribution in [0.25, 0.3) is 0 Å². The SMILES string of the molecule is C=C(C)C(=O)N[C@@H]1CC[C@@]2(C)[C@@H](C1)C[C@@H](O)[C@@H]1[C@@H]2C[C@H](O)[C@]2(C)[C@@H]([C@H](C)CCC(=O)OC)CC[C@@H]12. The highest BCUT2D eigenvalue weighted by Crippen LogP contribution is 2.68. The Kier molecular flexibility index (Phi) is 7.47. The molecule has 11 atom stereocenters. The maximum absolute atomic E-state index is 12.2. The van der Waals surface area contributed by atoms with Gasteiger partial charge in [0.15, 0.2) is 0 Å². The third-order valence-corrected chi connectivity index (χ3v) is 11.3. The van der Waals surface area contributed by atoms with Gasteiger partial charge in [-0.05, 0) is 105 Å². The summed E-state index contributed by atoms with van der Waals surface area (Å²) >= 11 is 0. The molecule has 1 amide bonds. The predicted molar refractivity (Wildman–Crippen MR) is 135 cm³/mol. The van der Waals surface area contributed by atoms with E-state index in [2.05, 4.69) is 32.7 Å². The zero-order chi connectivity index (χ0) is 25.7. The fraction of sp³-hybridized carbons (Fsp3) is 0.862. The van der Waals surface area contributed by atoms with Crippen LogP contribution in [0.4, 0.5) is 0 Å². The summed E-state index contributed by atoms with van der Waals surface area (Å²) in [7, 11) is 1.44. The third-order valence-electron chi connectivity index (χ3n) is 11.3. The van der Waals surface area contributed by atoms with Crippen LogP contribution in [0, 0.1) is 46.3 Å². The summed E-state index contributed by atoms with van der Waals surface area (Å²) in [4.78, 5) is 24.0. The van der Waals surface area contributed by atoms with Gasteiger partial charge in [-0.2, -0.15) is 0 Å². The van der Waals surface area contributed by atoms with Gasteiger partial charge in [0.25, 0.3) is 0 Å². The summed E-state index contributed by atoms with van der Waals surface area (Å²) in [6.45, 7) is 12.4. The van der Waals surface area contributed by atoms with Crippen molar-refractivity contribution >= 4 is 11.9 Å². The van der Waals surface area contributed by atoms with Gasteiger partial charge in [-0.3, -0.25) is 9.59 Å². The highest BCUT2D eigenvalue weighted by molar-refractivity contribution is 5.92. The molecule has 4 fully saturated rings. The normalized spacial score (nSPS) is 45.5. The maximum Gasteiger partial charge on any atom is 0.305 e. The van der Waals surface area contributed by atoms with E-state index in [1.165, 1.54) is 7.11 Å². The van der Waals surface area contributed by atoms with E-state index < -0.39 is 6.10 Å². The number of carbonyl (C=O) groups is 2. The third kappa shape index (κ3) is 4.47. The molecule has 0 radical (unpaired) electrons. The lowest BCUT2D eigenvalue weighted by Gasteiger charge is -2.63. The van der Waals surface area contributed by atoms with Crippen LogP contribution in [0.2, 0.25) is 0 Å². The van der Waals surface area contributed by atoms with Crippen LogP contribution in [0.5, 0.6) is 0 Å². The van der Waals surface area contributed by atoms with Gasteiger partial charge in [0.2, 0.25) is 5.91 Å². The van der Waals surface area contributed by atoms with Crippen molar-refractivity contribution in [2.75, 3.05) is 7.11 Å². The minimum atomic E-state index is -0.398. The topological polar surface area (TPSA) is 95.9 Å². The van der Waals surface area contributed by atoms with E-state index >= 15 is 0 Å². The molecule has 0 saturated heterocycles. The van der Waals surface area contributed by atoms with E-state index in [1.807, 2.05) is 0 Å². The number of amides is 1. The molecule has 6 nitrogen and oxygen atoms in total. The molecular formula is C29H47NO5. The second-order valence-corrected chi connectivity index (χ2v) is 12.9. The second-order valence-electron chi connectivity index (χ2n) is 12.9. The van der Waals surface area contributed by atoms with Crippen LogP contribution >= 0.6 is 0 Å². The van der Waals surface area contributed by atoms with Crippen molar-refractivity contribution < 1.29 is 24.5 Å². The van der Waals surface area contributed by atoms with Crippen LogP contribution in [0.1, 0.15) is 85.5 Å².